The van der Waals surface area contributed by atoms with Crippen LogP contribution in [0.5, 0.6) is 5.75 Å². The van der Waals surface area contributed by atoms with E-state index < -0.39 is 0 Å². The predicted molar refractivity (Wildman–Crippen MR) is 60.8 cm³/mol. The van der Waals surface area contributed by atoms with Crippen LogP contribution in [0, 0.1) is 6.92 Å². The summed E-state index contributed by atoms with van der Waals surface area (Å²) in [6.45, 7) is 4.58. The molecule has 0 aliphatic heterocycles. The SMILES string of the molecule is [CH2]CCCCCOc1ccc(Cl)cc1. The molecule has 0 aromatic heterocycles. The molecule has 14 heavy (non-hydrogen) atoms. The third-order valence-corrected chi connectivity index (χ3v) is 2.23. The number of halogens is 1. The Labute approximate surface area is 91.0 Å². The van der Waals surface area contributed by atoms with Crippen molar-refractivity contribution in [1.82, 2.24) is 0 Å². The lowest BCUT2D eigenvalue weighted by molar-refractivity contribution is 0.305. The maximum Gasteiger partial charge on any atom is 0.119 e. The van der Waals surface area contributed by atoms with Gasteiger partial charge in [0.25, 0.3) is 0 Å². The molecule has 0 amide bonds. The molecule has 77 valence electrons. The van der Waals surface area contributed by atoms with Crippen LogP contribution < -0.4 is 4.74 Å². The molecule has 0 saturated carbocycles. The van der Waals surface area contributed by atoms with Crippen molar-refractivity contribution in [2.24, 2.45) is 0 Å². The first-order chi connectivity index (χ1) is 6.83. The molecule has 1 aromatic carbocycles. The Morgan fingerprint density at radius 1 is 1.07 bits per heavy atom. The Balaban J connectivity index is 2.15. The maximum atomic E-state index is 5.75. The van der Waals surface area contributed by atoms with Gasteiger partial charge in [0.05, 0.1) is 6.61 Å². The van der Waals surface area contributed by atoms with Gasteiger partial charge in [-0.2, -0.15) is 0 Å². The van der Waals surface area contributed by atoms with Gasteiger partial charge in [-0.3, -0.25) is 0 Å². The van der Waals surface area contributed by atoms with Crippen molar-refractivity contribution in [2.45, 2.75) is 25.7 Å². The number of hydrogen-bond donors (Lipinski definition) is 0. The van der Waals surface area contributed by atoms with E-state index in [1.165, 1.54) is 12.8 Å². The predicted octanol–water partition coefficient (Wildman–Crippen LogP) is 4.11. The van der Waals surface area contributed by atoms with E-state index in [4.69, 9.17) is 16.3 Å². The molecule has 1 aromatic rings. The Morgan fingerprint density at radius 3 is 2.43 bits per heavy atom. The van der Waals surface area contributed by atoms with Gasteiger partial charge in [0.15, 0.2) is 0 Å². The molecule has 0 aliphatic rings. The molecule has 0 spiro atoms. The summed E-state index contributed by atoms with van der Waals surface area (Å²) < 4.78 is 5.53. The van der Waals surface area contributed by atoms with Gasteiger partial charge in [-0.05, 0) is 30.7 Å². The lowest BCUT2D eigenvalue weighted by atomic mass is 10.2. The summed E-state index contributed by atoms with van der Waals surface area (Å²) in [5.41, 5.74) is 0. The average molecular weight is 212 g/mol. The summed E-state index contributed by atoms with van der Waals surface area (Å²) in [6, 6.07) is 7.47. The standard InChI is InChI=1S/C12H16ClO/c1-2-3-4-5-10-14-12-8-6-11(13)7-9-12/h6-9H,1-5,10H2. The normalized spacial score (nSPS) is 10.1. The summed E-state index contributed by atoms with van der Waals surface area (Å²) in [7, 11) is 0. The van der Waals surface area contributed by atoms with Crippen molar-refractivity contribution < 1.29 is 4.74 Å². The topological polar surface area (TPSA) is 9.23 Å². The molecule has 0 unspecified atom stereocenters. The Bertz CT molecular complexity index is 243. The third-order valence-electron chi connectivity index (χ3n) is 1.98. The molecule has 0 N–H and O–H groups in total. The summed E-state index contributed by atoms with van der Waals surface area (Å²) in [6.07, 6.45) is 4.49. The molecule has 0 atom stereocenters. The van der Waals surface area contributed by atoms with E-state index in [0.29, 0.717) is 0 Å². The molecule has 1 rings (SSSR count). The van der Waals surface area contributed by atoms with Gasteiger partial charge in [0, 0.05) is 5.02 Å². The molecule has 0 heterocycles. The number of hydrogen-bond acceptors (Lipinski definition) is 1. The van der Waals surface area contributed by atoms with Crippen LogP contribution in [-0.2, 0) is 0 Å². The van der Waals surface area contributed by atoms with Crippen LogP contribution in [0.4, 0.5) is 0 Å². The second-order valence-corrected chi connectivity index (χ2v) is 3.65. The largest absolute Gasteiger partial charge is 0.494 e. The lowest BCUT2D eigenvalue weighted by Crippen LogP contribution is -1.96. The lowest BCUT2D eigenvalue weighted by Gasteiger charge is -2.05. The van der Waals surface area contributed by atoms with Crippen molar-refractivity contribution in [2.75, 3.05) is 6.61 Å². The van der Waals surface area contributed by atoms with E-state index in [1.807, 2.05) is 24.3 Å². The van der Waals surface area contributed by atoms with Crippen LogP contribution in [0.25, 0.3) is 0 Å². The molecule has 0 aliphatic carbocycles. The summed E-state index contributed by atoms with van der Waals surface area (Å²) in [5.74, 6) is 0.893. The number of unbranched alkanes of at least 4 members (excludes halogenated alkanes) is 3. The van der Waals surface area contributed by atoms with Gasteiger partial charge in [-0.1, -0.05) is 37.8 Å². The molecular weight excluding hydrogens is 196 g/mol. The van der Waals surface area contributed by atoms with Gasteiger partial charge in [-0.15, -0.1) is 0 Å². The smallest absolute Gasteiger partial charge is 0.119 e. The van der Waals surface area contributed by atoms with Crippen LogP contribution in [0.3, 0.4) is 0 Å². The minimum absolute atomic E-state index is 0.745. The van der Waals surface area contributed by atoms with Crippen LogP contribution in [-0.4, -0.2) is 6.61 Å². The number of ether oxygens (including phenoxy) is 1. The first-order valence-corrected chi connectivity index (χ1v) is 5.38. The van der Waals surface area contributed by atoms with E-state index in [1.54, 1.807) is 0 Å². The highest BCUT2D eigenvalue weighted by Gasteiger charge is 1.93. The Kier molecular flexibility index (Phi) is 5.46. The van der Waals surface area contributed by atoms with Crippen molar-refractivity contribution >= 4 is 11.6 Å². The van der Waals surface area contributed by atoms with Crippen LogP contribution >= 0.6 is 11.6 Å². The maximum absolute atomic E-state index is 5.75. The van der Waals surface area contributed by atoms with Gasteiger partial charge in [0.1, 0.15) is 5.75 Å². The molecule has 1 nitrogen and oxygen atoms in total. The fourth-order valence-electron chi connectivity index (χ4n) is 1.18. The van der Waals surface area contributed by atoms with Crippen molar-refractivity contribution in [3.05, 3.63) is 36.2 Å². The van der Waals surface area contributed by atoms with Gasteiger partial charge in [-0.25, -0.2) is 0 Å². The molecular formula is C12H16ClO. The average Bonchev–Trinajstić information content (AvgIpc) is 2.21. The molecule has 0 bridgehead atoms. The third kappa shape index (κ3) is 4.52. The van der Waals surface area contributed by atoms with Crippen LogP contribution in [0.15, 0.2) is 24.3 Å². The number of rotatable bonds is 6. The highest BCUT2D eigenvalue weighted by Crippen LogP contribution is 2.15. The summed E-state index contributed by atoms with van der Waals surface area (Å²) in [5, 5.41) is 0.745. The quantitative estimate of drug-likeness (QED) is 0.644. The van der Waals surface area contributed by atoms with Crippen molar-refractivity contribution in [1.29, 1.82) is 0 Å². The minimum Gasteiger partial charge on any atom is -0.494 e. The Morgan fingerprint density at radius 2 is 1.79 bits per heavy atom. The highest BCUT2D eigenvalue weighted by molar-refractivity contribution is 6.30. The summed E-state index contributed by atoms with van der Waals surface area (Å²) >= 11 is 5.75. The van der Waals surface area contributed by atoms with Crippen LogP contribution in [0.2, 0.25) is 5.02 Å². The number of benzene rings is 1. The van der Waals surface area contributed by atoms with E-state index in [0.717, 1.165) is 30.2 Å². The zero-order valence-corrected chi connectivity index (χ0v) is 9.09. The van der Waals surface area contributed by atoms with E-state index in [9.17, 15) is 0 Å². The van der Waals surface area contributed by atoms with Gasteiger partial charge >= 0.3 is 0 Å². The molecule has 0 saturated heterocycles. The van der Waals surface area contributed by atoms with E-state index in [2.05, 4.69) is 6.92 Å². The summed E-state index contributed by atoms with van der Waals surface area (Å²) in [4.78, 5) is 0. The molecule has 1 radical (unpaired) electrons. The first kappa shape index (κ1) is 11.4. The second kappa shape index (κ2) is 6.72. The zero-order chi connectivity index (χ0) is 10.2. The van der Waals surface area contributed by atoms with E-state index in [-0.39, 0.29) is 0 Å². The van der Waals surface area contributed by atoms with Crippen molar-refractivity contribution in [3.63, 3.8) is 0 Å². The van der Waals surface area contributed by atoms with Gasteiger partial charge in [0.2, 0.25) is 0 Å². The molecule has 0 fully saturated rings. The van der Waals surface area contributed by atoms with Crippen LogP contribution in [0.1, 0.15) is 25.7 Å². The first-order valence-electron chi connectivity index (χ1n) is 5.00. The van der Waals surface area contributed by atoms with Gasteiger partial charge < -0.3 is 4.74 Å². The Hall–Kier alpha value is -0.690. The zero-order valence-electron chi connectivity index (χ0n) is 8.34. The monoisotopic (exact) mass is 211 g/mol. The fraction of sp³-hybridized carbons (Fsp3) is 0.417. The van der Waals surface area contributed by atoms with Crippen molar-refractivity contribution in [3.8, 4) is 5.75 Å². The minimum atomic E-state index is 0.745. The van der Waals surface area contributed by atoms with E-state index >= 15 is 0 Å². The second-order valence-electron chi connectivity index (χ2n) is 3.22. The highest BCUT2D eigenvalue weighted by atomic mass is 35.5. The fourth-order valence-corrected chi connectivity index (χ4v) is 1.30. The molecule has 2 heteroatoms.